The standard InChI is InChI=1S/C25H27N3O2S/c1-17-7-8-22(18(2)13-17)27-25(30)24(29)26-14-23(21-10-12-31-16-21)28-11-9-19-5-3-4-6-20(19)15-28/h3-8,10,12-13,16,23H,9,11,14-15H2,1-2H3,(H,26,29)(H,27,30). The highest BCUT2D eigenvalue weighted by Crippen LogP contribution is 2.28. The first-order valence-electron chi connectivity index (χ1n) is 10.5. The topological polar surface area (TPSA) is 61.4 Å². The maximum absolute atomic E-state index is 12.5. The predicted molar refractivity (Wildman–Crippen MR) is 125 cm³/mol. The largest absolute Gasteiger partial charge is 0.346 e. The fraction of sp³-hybridized carbons (Fsp3) is 0.280. The van der Waals surface area contributed by atoms with Crippen molar-refractivity contribution in [2.24, 2.45) is 0 Å². The first-order valence-corrected chi connectivity index (χ1v) is 11.4. The minimum atomic E-state index is -0.639. The second kappa shape index (κ2) is 9.45. The average molecular weight is 434 g/mol. The lowest BCUT2D eigenvalue weighted by molar-refractivity contribution is -0.136. The summed E-state index contributed by atoms with van der Waals surface area (Å²) in [5, 5.41) is 9.75. The summed E-state index contributed by atoms with van der Waals surface area (Å²) in [5.41, 5.74) is 6.59. The van der Waals surface area contributed by atoms with Gasteiger partial charge in [0.15, 0.2) is 0 Å². The minimum absolute atomic E-state index is 0.0254. The zero-order valence-electron chi connectivity index (χ0n) is 17.9. The molecule has 0 saturated carbocycles. The number of hydrogen-bond acceptors (Lipinski definition) is 4. The molecule has 0 spiro atoms. The van der Waals surface area contributed by atoms with E-state index in [2.05, 4.69) is 56.6 Å². The lowest BCUT2D eigenvalue weighted by atomic mass is 9.97. The molecule has 2 heterocycles. The molecule has 0 bridgehead atoms. The van der Waals surface area contributed by atoms with Gasteiger partial charge in [0, 0.05) is 25.3 Å². The summed E-state index contributed by atoms with van der Waals surface area (Å²) in [6, 6.07) is 16.4. The van der Waals surface area contributed by atoms with Crippen molar-refractivity contribution in [1.29, 1.82) is 0 Å². The van der Waals surface area contributed by atoms with Crippen molar-refractivity contribution < 1.29 is 9.59 Å². The van der Waals surface area contributed by atoms with Gasteiger partial charge in [-0.2, -0.15) is 11.3 Å². The molecule has 0 radical (unpaired) electrons. The number of hydrogen-bond donors (Lipinski definition) is 2. The van der Waals surface area contributed by atoms with Crippen molar-refractivity contribution >= 4 is 28.8 Å². The number of anilines is 1. The van der Waals surface area contributed by atoms with Gasteiger partial charge in [-0.15, -0.1) is 0 Å². The molecule has 5 nitrogen and oxygen atoms in total. The summed E-state index contributed by atoms with van der Waals surface area (Å²) >= 11 is 1.64. The Labute approximate surface area is 187 Å². The summed E-state index contributed by atoms with van der Waals surface area (Å²) in [7, 11) is 0. The molecule has 0 fully saturated rings. The Morgan fingerprint density at radius 3 is 2.61 bits per heavy atom. The molecule has 1 unspecified atom stereocenters. The van der Waals surface area contributed by atoms with Gasteiger partial charge in [-0.05, 0) is 65.4 Å². The van der Waals surface area contributed by atoms with Gasteiger partial charge in [-0.1, -0.05) is 42.0 Å². The van der Waals surface area contributed by atoms with Crippen LogP contribution in [-0.2, 0) is 22.6 Å². The maximum atomic E-state index is 12.5. The van der Waals surface area contributed by atoms with Crippen molar-refractivity contribution in [3.63, 3.8) is 0 Å². The Morgan fingerprint density at radius 2 is 1.87 bits per heavy atom. The Bertz CT molecular complexity index is 1080. The number of nitrogens with zero attached hydrogens (tertiary/aromatic N) is 1. The molecule has 1 aromatic heterocycles. The number of amides is 2. The second-order valence-electron chi connectivity index (χ2n) is 8.04. The fourth-order valence-corrected chi connectivity index (χ4v) is 4.82. The number of aryl methyl sites for hydroxylation is 2. The van der Waals surface area contributed by atoms with Gasteiger partial charge in [-0.3, -0.25) is 14.5 Å². The molecular formula is C25H27N3O2S. The highest BCUT2D eigenvalue weighted by atomic mass is 32.1. The van der Waals surface area contributed by atoms with Crippen LogP contribution in [0.15, 0.2) is 59.3 Å². The van der Waals surface area contributed by atoms with Gasteiger partial charge < -0.3 is 10.6 Å². The van der Waals surface area contributed by atoms with Crippen LogP contribution in [0.1, 0.15) is 33.9 Å². The SMILES string of the molecule is Cc1ccc(NC(=O)C(=O)NCC(c2ccsc2)N2CCc3ccccc3C2)c(C)c1. The molecule has 31 heavy (non-hydrogen) atoms. The number of thiophene rings is 1. The van der Waals surface area contributed by atoms with Crippen LogP contribution in [-0.4, -0.2) is 29.8 Å². The van der Waals surface area contributed by atoms with Crippen molar-refractivity contribution in [3.05, 3.63) is 87.1 Å². The van der Waals surface area contributed by atoms with Crippen LogP contribution in [0.5, 0.6) is 0 Å². The summed E-state index contributed by atoms with van der Waals surface area (Å²) in [6.07, 6.45) is 0.984. The molecular weight excluding hydrogens is 406 g/mol. The molecule has 4 rings (SSSR count). The van der Waals surface area contributed by atoms with E-state index in [1.807, 2.05) is 32.0 Å². The van der Waals surface area contributed by atoms with Crippen LogP contribution < -0.4 is 10.6 Å². The third kappa shape index (κ3) is 5.03. The Morgan fingerprint density at radius 1 is 1.06 bits per heavy atom. The number of fused-ring (bicyclic) bond motifs is 1. The zero-order chi connectivity index (χ0) is 21.8. The monoisotopic (exact) mass is 433 g/mol. The van der Waals surface area contributed by atoms with E-state index in [1.165, 1.54) is 16.7 Å². The highest BCUT2D eigenvalue weighted by molar-refractivity contribution is 7.08. The summed E-state index contributed by atoms with van der Waals surface area (Å²) in [4.78, 5) is 27.4. The first kappa shape index (κ1) is 21.3. The molecule has 0 aliphatic carbocycles. The molecule has 2 N–H and O–H groups in total. The van der Waals surface area contributed by atoms with E-state index >= 15 is 0 Å². The molecule has 2 aromatic carbocycles. The Hall–Kier alpha value is -2.96. The summed E-state index contributed by atoms with van der Waals surface area (Å²) in [5.74, 6) is -1.25. The van der Waals surface area contributed by atoms with Gasteiger partial charge in [0.25, 0.3) is 0 Å². The van der Waals surface area contributed by atoms with E-state index in [0.717, 1.165) is 30.6 Å². The van der Waals surface area contributed by atoms with Crippen LogP contribution in [0.2, 0.25) is 0 Å². The van der Waals surface area contributed by atoms with Crippen LogP contribution in [0.3, 0.4) is 0 Å². The average Bonchev–Trinajstić information content (AvgIpc) is 3.30. The second-order valence-corrected chi connectivity index (χ2v) is 8.82. The predicted octanol–water partition coefficient (Wildman–Crippen LogP) is 4.22. The van der Waals surface area contributed by atoms with E-state index < -0.39 is 11.8 Å². The molecule has 6 heteroatoms. The van der Waals surface area contributed by atoms with E-state index in [-0.39, 0.29) is 6.04 Å². The molecule has 3 aromatic rings. The zero-order valence-corrected chi connectivity index (χ0v) is 18.7. The van der Waals surface area contributed by atoms with Crippen molar-refractivity contribution in [2.45, 2.75) is 32.9 Å². The minimum Gasteiger partial charge on any atom is -0.346 e. The van der Waals surface area contributed by atoms with Crippen LogP contribution >= 0.6 is 11.3 Å². The quantitative estimate of drug-likeness (QED) is 0.593. The smallest absolute Gasteiger partial charge is 0.313 e. The molecule has 0 saturated heterocycles. The van der Waals surface area contributed by atoms with Crippen LogP contribution in [0.25, 0.3) is 0 Å². The molecule has 2 amide bonds. The number of carbonyl (C=O) groups excluding carboxylic acids is 2. The third-order valence-corrected chi connectivity index (χ3v) is 6.52. The normalized spacial score (nSPS) is 14.5. The molecule has 1 atom stereocenters. The number of carbonyl (C=O) groups is 2. The van der Waals surface area contributed by atoms with Crippen molar-refractivity contribution in [3.8, 4) is 0 Å². The molecule has 160 valence electrons. The van der Waals surface area contributed by atoms with E-state index in [0.29, 0.717) is 12.2 Å². The van der Waals surface area contributed by atoms with Crippen LogP contribution in [0.4, 0.5) is 5.69 Å². The van der Waals surface area contributed by atoms with Crippen molar-refractivity contribution in [2.75, 3.05) is 18.4 Å². The highest BCUT2D eigenvalue weighted by Gasteiger charge is 2.26. The van der Waals surface area contributed by atoms with Gasteiger partial charge >= 0.3 is 11.8 Å². The van der Waals surface area contributed by atoms with Gasteiger partial charge in [0.2, 0.25) is 0 Å². The third-order valence-electron chi connectivity index (χ3n) is 5.82. The van der Waals surface area contributed by atoms with E-state index in [4.69, 9.17) is 0 Å². The first-order chi connectivity index (χ1) is 15.0. The van der Waals surface area contributed by atoms with E-state index in [1.54, 1.807) is 11.3 Å². The number of rotatable bonds is 5. The van der Waals surface area contributed by atoms with E-state index in [9.17, 15) is 9.59 Å². The lowest BCUT2D eigenvalue weighted by Crippen LogP contribution is -2.43. The summed E-state index contributed by atoms with van der Waals surface area (Å²) in [6.45, 7) is 6.05. The van der Waals surface area contributed by atoms with Gasteiger partial charge in [0.1, 0.15) is 0 Å². The Kier molecular flexibility index (Phi) is 6.49. The van der Waals surface area contributed by atoms with Crippen molar-refractivity contribution in [1.82, 2.24) is 10.2 Å². The summed E-state index contributed by atoms with van der Waals surface area (Å²) < 4.78 is 0. The van der Waals surface area contributed by atoms with Gasteiger partial charge in [0.05, 0.1) is 6.04 Å². The molecule has 1 aliphatic heterocycles. The number of benzene rings is 2. The fourth-order valence-electron chi connectivity index (χ4n) is 4.11. The van der Waals surface area contributed by atoms with Crippen LogP contribution in [0, 0.1) is 13.8 Å². The molecule has 1 aliphatic rings. The van der Waals surface area contributed by atoms with Gasteiger partial charge in [-0.25, -0.2) is 0 Å². The number of nitrogens with one attached hydrogen (secondary N) is 2. The lowest BCUT2D eigenvalue weighted by Gasteiger charge is -2.35. The maximum Gasteiger partial charge on any atom is 0.313 e. The Balaban J connectivity index is 1.42.